The van der Waals surface area contributed by atoms with Gasteiger partial charge in [-0.2, -0.15) is 10.2 Å². The van der Waals surface area contributed by atoms with Crippen LogP contribution in [0.15, 0.2) is 84.3 Å². The number of nitrogens with zero attached hydrogens (tertiary/aromatic N) is 4. The molecule has 35 heavy (non-hydrogen) atoms. The van der Waals surface area contributed by atoms with Crippen LogP contribution in [0.4, 0.5) is 14.5 Å². The molecule has 11 heteroatoms. The lowest BCUT2D eigenvalue weighted by Gasteiger charge is -2.12. The van der Waals surface area contributed by atoms with Crippen molar-refractivity contribution in [1.29, 1.82) is 0 Å². The van der Waals surface area contributed by atoms with Crippen LogP contribution in [0.5, 0.6) is 0 Å². The molecule has 5 rings (SSSR count). The van der Waals surface area contributed by atoms with Gasteiger partial charge < -0.3 is 0 Å². The highest BCUT2D eigenvalue weighted by Gasteiger charge is 2.21. The molecule has 5 aromatic rings. The van der Waals surface area contributed by atoms with E-state index in [9.17, 15) is 17.2 Å². The van der Waals surface area contributed by atoms with Gasteiger partial charge in [-0.25, -0.2) is 22.2 Å². The Morgan fingerprint density at radius 3 is 2.43 bits per heavy atom. The third-order valence-corrected chi connectivity index (χ3v) is 6.94. The fourth-order valence-corrected chi connectivity index (χ4v) is 4.92. The van der Waals surface area contributed by atoms with Gasteiger partial charge in [0.2, 0.25) is 0 Å². The summed E-state index contributed by atoms with van der Waals surface area (Å²) in [6, 6.07) is 12.9. The van der Waals surface area contributed by atoms with E-state index in [4.69, 9.17) is 11.6 Å². The lowest BCUT2D eigenvalue weighted by atomic mass is 9.99. The zero-order valence-corrected chi connectivity index (χ0v) is 19.2. The Morgan fingerprint density at radius 1 is 0.800 bits per heavy atom. The smallest absolute Gasteiger partial charge is 0.264 e. The van der Waals surface area contributed by atoms with E-state index < -0.39 is 26.6 Å². The molecule has 0 spiro atoms. The number of benzene rings is 2. The first kappa shape index (κ1) is 22.8. The van der Waals surface area contributed by atoms with Crippen molar-refractivity contribution >= 4 is 38.2 Å². The molecular formula is C24H14ClF2N5O2S. The average molecular weight is 510 g/mol. The molecular weight excluding hydrogens is 496 g/mol. The number of anilines is 1. The van der Waals surface area contributed by atoms with Gasteiger partial charge in [0, 0.05) is 35.0 Å². The van der Waals surface area contributed by atoms with E-state index in [0.717, 1.165) is 34.2 Å². The molecule has 3 heterocycles. The van der Waals surface area contributed by atoms with Crippen molar-refractivity contribution in [1.82, 2.24) is 20.2 Å². The monoisotopic (exact) mass is 509 g/mol. The number of aromatic nitrogens is 4. The average Bonchev–Trinajstić information content (AvgIpc) is 2.85. The van der Waals surface area contributed by atoms with E-state index in [1.807, 2.05) is 30.3 Å². The van der Waals surface area contributed by atoms with Gasteiger partial charge in [0.15, 0.2) is 5.15 Å². The van der Waals surface area contributed by atoms with Crippen LogP contribution < -0.4 is 4.72 Å². The second kappa shape index (κ2) is 8.97. The highest BCUT2D eigenvalue weighted by Crippen LogP contribution is 2.33. The van der Waals surface area contributed by atoms with E-state index in [1.165, 1.54) is 12.3 Å². The molecule has 0 aliphatic carbocycles. The van der Waals surface area contributed by atoms with Crippen molar-refractivity contribution in [3.8, 4) is 22.3 Å². The van der Waals surface area contributed by atoms with E-state index in [1.54, 1.807) is 18.6 Å². The van der Waals surface area contributed by atoms with Crippen molar-refractivity contribution in [3.63, 3.8) is 0 Å². The number of sulfonamides is 1. The van der Waals surface area contributed by atoms with Crippen molar-refractivity contribution in [2.24, 2.45) is 0 Å². The number of pyridine rings is 2. The number of hydrogen-bond donors (Lipinski definition) is 1. The Balaban J connectivity index is 1.56. The first-order valence-electron chi connectivity index (χ1n) is 10.1. The Kier molecular flexibility index (Phi) is 5.83. The van der Waals surface area contributed by atoms with Crippen LogP contribution in [0.2, 0.25) is 5.15 Å². The Bertz CT molecular complexity index is 1690. The molecule has 0 saturated carbocycles. The number of halogens is 3. The number of hydrogen-bond acceptors (Lipinski definition) is 6. The van der Waals surface area contributed by atoms with E-state index in [2.05, 4.69) is 24.9 Å². The quantitative estimate of drug-likeness (QED) is 0.315. The van der Waals surface area contributed by atoms with Crippen LogP contribution in [0, 0.1) is 11.6 Å². The summed E-state index contributed by atoms with van der Waals surface area (Å²) < 4.78 is 55.0. The van der Waals surface area contributed by atoms with Gasteiger partial charge in [-0.15, -0.1) is 0 Å². The van der Waals surface area contributed by atoms with Gasteiger partial charge in [0.1, 0.15) is 16.5 Å². The van der Waals surface area contributed by atoms with Crippen LogP contribution in [-0.4, -0.2) is 28.6 Å². The normalized spacial score (nSPS) is 11.5. The van der Waals surface area contributed by atoms with Crippen molar-refractivity contribution in [3.05, 3.63) is 96.2 Å². The summed E-state index contributed by atoms with van der Waals surface area (Å²) in [7, 11) is -4.40. The van der Waals surface area contributed by atoms with Crippen molar-refractivity contribution in [2.45, 2.75) is 4.90 Å². The first-order valence-corrected chi connectivity index (χ1v) is 12.0. The van der Waals surface area contributed by atoms with E-state index >= 15 is 0 Å². The molecule has 0 unspecified atom stereocenters. The lowest BCUT2D eigenvalue weighted by molar-refractivity contribution is 0.551. The van der Waals surface area contributed by atoms with Crippen LogP contribution >= 0.6 is 11.6 Å². The fourth-order valence-electron chi connectivity index (χ4n) is 3.60. The summed E-state index contributed by atoms with van der Waals surface area (Å²) in [6.45, 7) is 0. The Morgan fingerprint density at radius 2 is 1.66 bits per heavy atom. The summed E-state index contributed by atoms with van der Waals surface area (Å²) in [5, 5.41) is 8.45. The zero-order chi connectivity index (χ0) is 24.6. The summed E-state index contributed by atoms with van der Waals surface area (Å²) >= 11 is 6.13. The summed E-state index contributed by atoms with van der Waals surface area (Å²) in [4.78, 5) is 7.77. The van der Waals surface area contributed by atoms with Crippen LogP contribution in [0.1, 0.15) is 0 Å². The molecule has 1 N–H and O–H groups in total. The molecule has 174 valence electrons. The third-order valence-electron chi connectivity index (χ3n) is 5.24. The van der Waals surface area contributed by atoms with Gasteiger partial charge in [-0.3, -0.25) is 9.71 Å². The van der Waals surface area contributed by atoms with Gasteiger partial charge in [0.05, 0.1) is 23.6 Å². The molecule has 0 fully saturated rings. The van der Waals surface area contributed by atoms with Crippen LogP contribution in [-0.2, 0) is 10.0 Å². The Labute approximate surface area is 203 Å². The van der Waals surface area contributed by atoms with Crippen molar-refractivity contribution in [2.75, 3.05) is 4.72 Å². The SMILES string of the molecule is O=S(=O)(Nc1cc(-c2ccc3nccc(-c4ccnnc4)c3c2)cnc1Cl)c1ccc(F)cc1F. The Hall–Kier alpha value is -4.02. The minimum atomic E-state index is -4.40. The molecule has 0 atom stereocenters. The van der Waals surface area contributed by atoms with Crippen LogP contribution in [0.25, 0.3) is 33.2 Å². The highest BCUT2D eigenvalue weighted by molar-refractivity contribution is 7.92. The minimum absolute atomic E-state index is 0.0577. The second-order valence-electron chi connectivity index (χ2n) is 7.46. The summed E-state index contributed by atoms with van der Waals surface area (Å²) in [5.41, 5.74) is 3.70. The number of nitrogens with one attached hydrogen (secondary N) is 1. The molecule has 0 amide bonds. The van der Waals surface area contributed by atoms with E-state index in [0.29, 0.717) is 17.2 Å². The molecule has 0 aliphatic rings. The van der Waals surface area contributed by atoms with Crippen molar-refractivity contribution < 1.29 is 17.2 Å². The topological polar surface area (TPSA) is 97.7 Å². The predicted octanol–water partition coefficient (Wildman–Crippen LogP) is 5.49. The maximum absolute atomic E-state index is 14.1. The molecule has 7 nitrogen and oxygen atoms in total. The molecule has 0 bridgehead atoms. The first-order chi connectivity index (χ1) is 16.8. The summed E-state index contributed by atoms with van der Waals surface area (Å²) in [5.74, 6) is -2.12. The molecule has 0 radical (unpaired) electrons. The number of rotatable bonds is 5. The largest absolute Gasteiger partial charge is 0.276 e. The lowest BCUT2D eigenvalue weighted by Crippen LogP contribution is -2.15. The summed E-state index contributed by atoms with van der Waals surface area (Å²) in [6.07, 6.45) is 6.43. The van der Waals surface area contributed by atoms with Gasteiger partial charge >= 0.3 is 0 Å². The minimum Gasteiger partial charge on any atom is -0.276 e. The van der Waals surface area contributed by atoms with Gasteiger partial charge in [0.25, 0.3) is 10.0 Å². The fraction of sp³-hybridized carbons (Fsp3) is 0. The van der Waals surface area contributed by atoms with E-state index in [-0.39, 0.29) is 10.8 Å². The molecule has 0 saturated heterocycles. The molecule has 3 aromatic heterocycles. The third kappa shape index (κ3) is 4.53. The standard InChI is InChI=1S/C24H14ClF2N5O2S/c25-24-22(32-35(33,34)23-4-2-17(26)11-20(23)27)10-16(12-29-24)14-1-3-21-19(9-14)18(6-7-28-21)15-5-8-30-31-13-15/h1-13,32H. The highest BCUT2D eigenvalue weighted by atomic mass is 35.5. The second-order valence-corrected chi connectivity index (χ2v) is 9.47. The molecule has 0 aliphatic heterocycles. The van der Waals surface area contributed by atoms with Crippen LogP contribution in [0.3, 0.4) is 0 Å². The maximum atomic E-state index is 14.1. The zero-order valence-electron chi connectivity index (χ0n) is 17.7. The van der Waals surface area contributed by atoms with Gasteiger partial charge in [-0.05, 0) is 53.6 Å². The maximum Gasteiger partial charge on any atom is 0.264 e. The van der Waals surface area contributed by atoms with Gasteiger partial charge in [-0.1, -0.05) is 17.7 Å². The number of fused-ring (bicyclic) bond motifs is 1. The predicted molar refractivity (Wildman–Crippen MR) is 128 cm³/mol. The molecule has 2 aromatic carbocycles.